The monoisotopic (exact) mass is 371 g/mol. The van der Waals surface area contributed by atoms with E-state index in [9.17, 15) is 14.0 Å². The molecule has 1 amide bonds. The quantitative estimate of drug-likeness (QED) is 0.682. The molecule has 0 N–H and O–H groups in total. The van der Waals surface area contributed by atoms with Crippen molar-refractivity contribution in [1.82, 2.24) is 24.2 Å². The van der Waals surface area contributed by atoms with Crippen molar-refractivity contribution in [3.8, 4) is 0 Å². The lowest BCUT2D eigenvalue weighted by Crippen LogP contribution is -2.44. The first-order valence-corrected chi connectivity index (χ1v) is 8.55. The molecule has 3 aromatic rings. The molecule has 0 spiro atoms. The average molecular weight is 371 g/mol. The summed E-state index contributed by atoms with van der Waals surface area (Å²) in [6.45, 7) is 1.06. The third-order valence-corrected chi connectivity index (χ3v) is 4.68. The summed E-state index contributed by atoms with van der Waals surface area (Å²) in [7, 11) is 1.70. The van der Waals surface area contributed by atoms with Gasteiger partial charge in [-0.2, -0.15) is 5.10 Å². The van der Waals surface area contributed by atoms with Crippen molar-refractivity contribution in [1.29, 1.82) is 0 Å². The average Bonchev–Trinajstić information content (AvgIpc) is 3.06. The number of hydrogen-bond donors (Lipinski definition) is 0. The first kappa shape index (κ1) is 17.3. The number of nitrogens with zero attached hydrogens (tertiary/aromatic N) is 5. The first-order valence-electron chi connectivity index (χ1n) is 8.55. The summed E-state index contributed by atoms with van der Waals surface area (Å²) in [6, 6.07) is 6.04. The molecule has 1 aliphatic heterocycles. The molecule has 2 aromatic heterocycles. The van der Waals surface area contributed by atoms with Crippen molar-refractivity contribution in [2.75, 3.05) is 19.7 Å². The molecule has 8 nitrogen and oxygen atoms in total. The van der Waals surface area contributed by atoms with Crippen molar-refractivity contribution in [2.24, 2.45) is 7.05 Å². The normalized spacial score (nSPS) is 17.4. The lowest BCUT2D eigenvalue weighted by atomic mass is 10.1. The number of carbonyl (C=O) groups excluding carboxylic acids is 1. The Bertz CT molecular complexity index is 1040. The minimum absolute atomic E-state index is 0.104. The second kappa shape index (κ2) is 6.92. The molecule has 0 radical (unpaired) electrons. The number of benzene rings is 1. The third kappa shape index (κ3) is 3.33. The number of hydrogen-bond acceptors (Lipinski definition) is 5. The van der Waals surface area contributed by atoms with Crippen LogP contribution < -0.4 is 5.56 Å². The molecule has 1 aromatic carbocycles. The van der Waals surface area contributed by atoms with E-state index in [-0.39, 0.29) is 29.9 Å². The molecule has 1 atom stereocenters. The number of aryl methyl sites for hydroxylation is 1. The molecule has 9 heteroatoms. The van der Waals surface area contributed by atoms with E-state index in [1.165, 1.54) is 33.9 Å². The molecule has 4 rings (SSSR count). The van der Waals surface area contributed by atoms with Gasteiger partial charge in [-0.25, -0.2) is 9.37 Å². The minimum atomic E-state index is -0.320. The van der Waals surface area contributed by atoms with E-state index in [0.29, 0.717) is 30.7 Å². The van der Waals surface area contributed by atoms with Crippen LogP contribution in [0.2, 0.25) is 0 Å². The summed E-state index contributed by atoms with van der Waals surface area (Å²) < 4.78 is 21.6. The van der Waals surface area contributed by atoms with Gasteiger partial charge >= 0.3 is 0 Å². The van der Waals surface area contributed by atoms with E-state index in [0.717, 1.165) is 5.56 Å². The number of rotatable bonds is 3. The molecule has 27 heavy (non-hydrogen) atoms. The van der Waals surface area contributed by atoms with Gasteiger partial charge in [0.05, 0.1) is 19.3 Å². The van der Waals surface area contributed by atoms with Crippen LogP contribution >= 0.6 is 0 Å². The molecule has 1 fully saturated rings. The number of amides is 1. The Balaban J connectivity index is 1.50. The van der Waals surface area contributed by atoms with Crippen molar-refractivity contribution >= 4 is 16.9 Å². The lowest BCUT2D eigenvalue weighted by molar-refractivity contribution is -0.139. The molecule has 0 saturated carbocycles. The van der Waals surface area contributed by atoms with Gasteiger partial charge in [0, 0.05) is 13.6 Å². The van der Waals surface area contributed by atoms with E-state index < -0.39 is 0 Å². The minimum Gasteiger partial charge on any atom is -0.370 e. The number of carbonyl (C=O) groups is 1. The van der Waals surface area contributed by atoms with Gasteiger partial charge in [0.25, 0.3) is 5.56 Å². The van der Waals surface area contributed by atoms with Crippen molar-refractivity contribution in [2.45, 2.75) is 12.6 Å². The Kier molecular flexibility index (Phi) is 4.44. The Hall–Kier alpha value is -3.07. The van der Waals surface area contributed by atoms with Gasteiger partial charge in [0.15, 0.2) is 5.65 Å². The maximum Gasteiger partial charge on any atom is 0.264 e. The number of ether oxygens (including phenoxy) is 1. The molecule has 0 bridgehead atoms. The van der Waals surface area contributed by atoms with Gasteiger partial charge in [-0.1, -0.05) is 12.1 Å². The van der Waals surface area contributed by atoms with Gasteiger partial charge in [-0.15, -0.1) is 0 Å². The maximum absolute atomic E-state index is 13.1. The maximum atomic E-state index is 13.1. The van der Waals surface area contributed by atoms with Crippen LogP contribution in [-0.2, 0) is 23.1 Å². The van der Waals surface area contributed by atoms with Gasteiger partial charge < -0.3 is 9.64 Å². The fourth-order valence-corrected chi connectivity index (χ4v) is 3.18. The molecule has 140 valence electrons. The number of aromatic nitrogens is 4. The highest BCUT2D eigenvalue weighted by molar-refractivity contribution is 5.77. The zero-order valence-corrected chi connectivity index (χ0v) is 14.7. The van der Waals surface area contributed by atoms with Crippen LogP contribution in [0.3, 0.4) is 0 Å². The second-order valence-corrected chi connectivity index (χ2v) is 6.43. The highest BCUT2D eigenvalue weighted by Crippen LogP contribution is 2.22. The molecular formula is C18H18FN5O3. The molecule has 1 aliphatic rings. The zero-order chi connectivity index (χ0) is 19.0. The molecule has 1 unspecified atom stereocenters. The van der Waals surface area contributed by atoms with Crippen molar-refractivity contribution in [3.05, 3.63) is 58.5 Å². The zero-order valence-electron chi connectivity index (χ0n) is 14.7. The molecule has 1 saturated heterocycles. The van der Waals surface area contributed by atoms with Crippen LogP contribution in [0.15, 0.2) is 41.6 Å². The standard InChI is InChI=1S/C18H18FN5O3/c1-22-17-14(8-21-22)18(26)24(11-20-17)10-16(25)23-6-7-27-15(9-23)12-2-4-13(19)5-3-12/h2-5,8,11,15H,6-7,9-10H2,1H3. The van der Waals surface area contributed by atoms with Gasteiger partial charge in [-0.05, 0) is 17.7 Å². The van der Waals surface area contributed by atoms with Crippen LogP contribution in [0.25, 0.3) is 11.0 Å². The Morgan fingerprint density at radius 2 is 2.11 bits per heavy atom. The Morgan fingerprint density at radius 1 is 1.33 bits per heavy atom. The highest BCUT2D eigenvalue weighted by Gasteiger charge is 2.26. The van der Waals surface area contributed by atoms with Crippen LogP contribution in [-0.4, -0.2) is 49.8 Å². The summed E-state index contributed by atoms with van der Waals surface area (Å²) in [5.41, 5.74) is 0.987. The predicted molar refractivity (Wildman–Crippen MR) is 94.4 cm³/mol. The fourth-order valence-electron chi connectivity index (χ4n) is 3.18. The number of halogens is 1. The predicted octanol–water partition coefficient (Wildman–Crippen LogP) is 0.869. The fraction of sp³-hybridized carbons (Fsp3) is 0.333. The molecule has 0 aliphatic carbocycles. The summed E-state index contributed by atoms with van der Waals surface area (Å²) in [4.78, 5) is 31.1. The number of fused-ring (bicyclic) bond motifs is 1. The van der Waals surface area contributed by atoms with Gasteiger partial charge in [-0.3, -0.25) is 18.8 Å². The molecular weight excluding hydrogens is 353 g/mol. The second-order valence-electron chi connectivity index (χ2n) is 6.43. The summed E-state index contributed by atoms with van der Waals surface area (Å²) in [5.74, 6) is -0.516. The van der Waals surface area contributed by atoms with E-state index in [2.05, 4.69) is 10.1 Å². The summed E-state index contributed by atoms with van der Waals surface area (Å²) in [5, 5.41) is 4.39. The van der Waals surface area contributed by atoms with E-state index >= 15 is 0 Å². The SMILES string of the molecule is Cn1ncc2c(=O)n(CC(=O)N3CCOC(c4ccc(F)cc4)C3)cnc21. The van der Waals surface area contributed by atoms with Crippen LogP contribution in [0.4, 0.5) is 4.39 Å². The van der Waals surface area contributed by atoms with Crippen molar-refractivity contribution in [3.63, 3.8) is 0 Å². The number of morpholine rings is 1. The summed E-state index contributed by atoms with van der Waals surface area (Å²) in [6.07, 6.45) is 2.49. The topological polar surface area (TPSA) is 82.2 Å². The molecule has 3 heterocycles. The lowest BCUT2D eigenvalue weighted by Gasteiger charge is -2.33. The van der Waals surface area contributed by atoms with Crippen LogP contribution in [0.1, 0.15) is 11.7 Å². The van der Waals surface area contributed by atoms with Gasteiger partial charge in [0.2, 0.25) is 5.91 Å². The largest absolute Gasteiger partial charge is 0.370 e. The van der Waals surface area contributed by atoms with E-state index in [1.807, 2.05) is 0 Å². The van der Waals surface area contributed by atoms with Crippen molar-refractivity contribution < 1.29 is 13.9 Å². The summed E-state index contributed by atoms with van der Waals surface area (Å²) >= 11 is 0. The van der Waals surface area contributed by atoms with E-state index in [1.54, 1.807) is 24.1 Å². The highest BCUT2D eigenvalue weighted by atomic mass is 19.1. The van der Waals surface area contributed by atoms with Crippen LogP contribution in [0, 0.1) is 5.82 Å². The Labute approximate surface area is 153 Å². The Morgan fingerprint density at radius 3 is 2.89 bits per heavy atom. The van der Waals surface area contributed by atoms with Gasteiger partial charge in [0.1, 0.15) is 30.2 Å². The first-order chi connectivity index (χ1) is 13.0. The third-order valence-electron chi connectivity index (χ3n) is 4.68. The smallest absolute Gasteiger partial charge is 0.264 e. The van der Waals surface area contributed by atoms with E-state index in [4.69, 9.17) is 4.74 Å². The van der Waals surface area contributed by atoms with Crippen LogP contribution in [0.5, 0.6) is 0 Å².